The van der Waals surface area contributed by atoms with Gasteiger partial charge in [-0.1, -0.05) is 0 Å². The van der Waals surface area contributed by atoms with Crippen molar-refractivity contribution in [3.05, 3.63) is 27.8 Å². The minimum atomic E-state index is -1.41. The molecule has 0 radical (unpaired) electrons. The number of nitro groups is 1. The summed E-state index contributed by atoms with van der Waals surface area (Å²) in [5, 5.41) is 29.4. The zero-order chi connectivity index (χ0) is 14.4. The average Bonchev–Trinajstić information content (AvgIpc) is 3.03. The fourth-order valence-electron chi connectivity index (χ4n) is 2.04. The summed E-state index contributed by atoms with van der Waals surface area (Å²) in [5.74, 6) is -2.36. The molecule has 1 aliphatic carbocycles. The van der Waals surface area contributed by atoms with E-state index in [4.69, 9.17) is 15.6 Å². The summed E-state index contributed by atoms with van der Waals surface area (Å²) >= 11 is 0. The minimum Gasteiger partial charge on any atom is -0.500 e. The third-order valence-corrected chi connectivity index (χ3v) is 3.30. The molecule has 0 aromatic heterocycles. The molecule has 102 valence electrons. The van der Waals surface area contributed by atoms with Crippen molar-refractivity contribution >= 4 is 11.7 Å². The van der Waals surface area contributed by atoms with E-state index in [1.807, 2.05) is 0 Å². The van der Waals surface area contributed by atoms with Crippen LogP contribution in [0.5, 0.6) is 11.5 Å². The van der Waals surface area contributed by atoms with E-state index in [-0.39, 0.29) is 12.2 Å². The second-order valence-corrected chi connectivity index (χ2v) is 4.45. The van der Waals surface area contributed by atoms with Crippen LogP contribution in [0.15, 0.2) is 12.1 Å². The van der Waals surface area contributed by atoms with Crippen LogP contribution in [0.3, 0.4) is 0 Å². The summed E-state index contributed by atoms with van der Waals surface area (Å²) in [7, 11) is 1.25. The van der Waals surface area contributed by atoms with Crippen molar-refractivity contribution < 1.29 is 24.7 Å². The number of carboxylic acid groups (broad SMARTS) is 1. The molecule has 4 N–H and O–H groups in total. The molecule has 8 nitrogen and oxygen atoms in total. The van der Waals surface area contributed by atoms with Gasteiger partial charge >= 0.3 is 11.7 Å². The van der Waals surface area contributed by atoms with Crippen LogP contribution in [-0.4, -0.2) is 33.8 Å². The summed E-state index contributed by atoms with van der Waals surface area (Å²) < 4.78 is 4.84. The van der Waals surface area contributed by atoms with E-state index in [9.17, 15) is 20.0 Å². The highest BCUT2D eigenvalue weighted by molar-refractivity contribution is 5.85. The standard InChI is InChI=1S/C11H12N2O6/c1-19-8-3-5(2-7(9(8)14)13(17)18)6-4-11(6,12)10(15)16/h2-3,6,14H,4,12H2,1H3,(H,15,16). The van der Waals surface area contributed by atoms with Gasteiger partial charge in [0.15, 0.2) is 5.75 Å². The van der Waals surface area contributed by atoms with Crippen molar-refractivity contribution in [2.75, 3.05) is 7.11 Å². The Bertz CT molecular complexity index is 573. The van der Waals surface area contributed by atoms with Gasteiger partial charge in [0, 0.05) is 12.0 Å². The van der Waals surface area contributed by atoms with Crippen molar-refractivity contribution in [3.63, 3.8) is 0 Å². The number of nitrogens with two attached hydrogens (primary N) is 1. The second kappa shape index (κ2) is 4.09. The first-order valence-corrected chi connectivity index (χ1v) is 5.38. The topological polar surface area (TPSA) is 136 Å². The maximum absolute atomic E-state index is 11.0. The van der Waals surface area contributed by atoms with Gasteiger partial charge in [-0.05, 0) is 18.1 Å². The van der Waals surface area contributed by atoms with Crippen LogP contribution in [-0.2, 0) is 4.79 Å². The Balaban J connectivity index is 2.47. The fraction of sp³-hybridized carbons (Fsp3) is 0.364. The molecule has 1 fully saturated rings. The summed E-state index contributed by atoms with van der Waals surface area (Å²) in [6, 6.07) is 2.49. The molecule has 1 aromatic rings. The molecule has 2 atom stereocenters. The van der Waals surface area contributed by atoms with Crippen LogP contribution in [0, 0.1) is 10.1 Å². The first kappa shape index (κ1) is 13.1. The molecule has 0 heterocycles. The molecule has 0 aliphatic heterocycles. The number of phenols is 1. The number of ether oxygens (including phenoxy) is 1. The minimum absolute atomic E-state index is 0.0798. The Kier molecular flexibility index (Phi) is 2.82. The highest BCUT2D eigenvalue weighted by atomic mass is 16.6. The van der Waals surface area contributed by atoms with E-state index < -0.39 is 33.8 Å². The van der Waals surface area contributed by atoms with E-state index in [0.29, 0.717) is 5.56 Å². The van der Waals surface area contributed by atoms with Gasteiger partial charge in [0.1, 0.15) is 5.54 Å². The lowest BCUT2D eigenvalue weighted by molar-refractivity contribution is -0.386. The molecule has 0 spiro atoms. The SMILES string of the molecule is COc1cc(C2CC2(N)C(=O)O)cc([N+](=O)[O-])c1O. The number of aromatic hydroxyl groups is 1. The van der Waals surface area contributed by atoms with Gasteiger partial charge in [-0.15, -0.1) is 0 Å². The number of hydrogen-bond donors (Lipinski definition) is 3. The Morgan fingerprint density at radius 3 is 2.68 bits per heavy atom. The van der Waals surface area contributed by atoms with Crippen molar-refractivity contribution in [1.29, 1.82) is 0 Å². The van der Waals surface area contributed by atoms with Crippen molar-refractivity contribution in [2.45, 2.75) is 17.9 Å². The third kappa shape index (κ3) is 1.95. The number of nitrogens with zero attached hydrogens (tertiary/aromatic N) is 1. The number of phenolic OH excluding ortho intramolecular Hbond substituents is 1. The summed E-state index contributed by atoms with van der Waals surface area (Å²) in [5.41, 5.74) is 4.08. The fourth-order valence-corrected chi connectivity index (χ4v) is 2.04. The maximum atomic E-state index is 11.0. The van der Waals surface area contributed by atoms with Crippen LogP contribution >= 0.6 is 0 Å². The van der Waals surface area contributed by atoms with Gasteiger partial charge in [-0.25, -0.2) is 0 Å². The first-order chi connectivity index (χ1) is 8.81. The molecule has 8 heteroatoms. The summed E-state index contributed by atoms with van der Waals surface area (Å²) in [6.07, 6.45) is 0.188. The lowest BCUT2D eigenvalue weighted by Crippen LogP contribution is -2.34. The van der Waals surface area contributed by atoms with E-state index in [0.717, 1.165) is 6.07 Å². The highest BCUT2D eigenvalue weighted by Gasteiger charge is 2.58. The zero-order valence-electron chi connectivity index (χ0n) is 9.99. The molecule has 2 unspecified atom stereocenters. The Labute approximate surface area is 107 Å². The number of hydrogen-bond acceptors (Lipinski definition) is 6. The number of methoxy groups -OCH3 is 1. The van der Waals surface area contributed by atoms with Gasteiger partial charge < -0.3 is 20.7 Å². The molecular formula is C11H12N2O6. The van der Waals surface area contributed by atoms with Crippen LogP contribution in [0.1, 0.15) is 17.9 Å². The van der Waals surface area contributed by atoms with Crippen LogP contribution in [0.4, 0.5) is 5.69 Å². The Morgan fingerprint density at radius 1 is 1.63 bits per heavy atom. The molecule has 1 saturated carbocycles. The van der Waals surface area contributed by atoms with Crippen molar-refractivity contribution in [2.24, 2.45) is 5.73 Å². The van der Waals surface area contributed by atoms with E-state index >= 15 is 0 Å². The van der Waals surface area contributed by atoms with E-state index in [2.05, 4.69) is 0 Å². The molecule has 1 aliphatic rings. The smallest absolute Gasteiger partial charge is 0.324 e. The van der Waals surface area contributed by atoms with Crippen molar-refractivity contribution in [3.8, 4) is 11.5 Å². The Morgan fingerprint density at radius 2 is 2.26 bits per heavy atom. The highest BCUT2D eigenvalue weighted by Crippen LogP contribution is 2.52. The lowest BCUT2D eigenvalue weighted by Gasteiger charge is -2.09. The predicted octanol–water partition coefficient (Wildman–Crippen LogP) is 0.578. The Hall–Kier alpha value is -2.35. The lowest BCUT2D eigenvalue weighted by atomic mass is 10.0. The molecule has 1 aromatic carbocycles. The average molecular weight is 268 g/mol. The van der Waals surface area contributed by atoms with Crippen LogP contribution in [0.2, 0.25) is 0 Å². The zero-order valence-corrected chi connectivity index (χ0v) is 9.99. The van der Waals surface area contributed by atoms with E-state index in [1.54, 1.807) is 0 Å². The quantitative estimate of drug-likeness (QED) is 0.536. The molecule has 19 heavy (non-hydrogen) atoms. The van der Waals surface area contributed by atoms with Crippen LogP contribution < -0.4 is 10.5 Å². The van der Waals surface area contributed by atoms with Gasteiger partial charge in [0.25, 0.3) is 0 Å². The number of carbonyl (C=O) groups is 1. The van der Waals surface area contributed by atoms with Gasteiger partial charge in [-0.3, -0.25) is 14.9 Å². The van der Waals surface area contributed by atoms with Crippen molar-refractivity contribution in [1.82, 2.24) is 0 Å². The summed E-state index contributed by atoms with van der Waals surface area (Å²) in [4.78, 5) is 21.0. The largest absolute Gasteiger partial charge is 0.500 e. The number of nitro benzene ring substituents is 1. The molecule has 0 amide bonds. The summed E-state index contributed by atoms with van der Waals surface area (Å²) in [6.45, 7) is 0. The molecule has 2 rings (SSSR count). The molecule has 0 bridgehead atoms. The number of rotatable bonds is 4. The monoisotopic (exact) mass is 268 g/mol. The second-order valence-electron chi connectivity index (χ2n) is 4.45. The molecule has 0 saturated heterocycles. The van der Waals surface area contributed by atoms with Gasteiger partial charge in [0.2, 0.25) is 5.75 Å². The molecular weight excluding hydrogens is 256 g/mol. The predicted molar refractivity (Wildman–Crippen MR) is 63.2 cm³/mol. The number of benzene rings is 1. The number of carboxylic acids is 1. The normalized spacial score (nSPS) is 24.8. The number of aliphatic carboxylic acids is 1. The third-order valence-electron chi connectivity index (χ3n) is 3.30. The van der Waals surface area contributed by atoms with Gasteiger partial charge in [-0.2, -0.15) is 0 Å². The van der Waals surface area contributed by atoms with E-state index in [1.165, 1.54) is 13.2 Å². The van der Waals surface area contributed by atoms with Gasteiger partial charge in [0.05, 0.1) is 12.0 Å². The maximum Gasteiger partial charge on any atom is 0.324 e. The first-order valence-electron chi connectivity index (χ1n) is 5.38. The van der Waals surface area contributed by atoms with Crippen LogP contribution in [0.25, 0.3) is 0 Å².